The molecule has 8 heteroatoms. The summed E-state index contributed by atoms with van der Waals surface area (Å²) in [5, 5.41) is 0. The lowest BCUT2D eigenvalue weighted by atomic mass is 9.89. The second kappa shape index (κ2) is 9.19. The van der Waals surface area contributed by atoms with Gasteiger partial charge in [0.2, 0.25) is 10.0 Å². The van der Waals surface area contributed by atoms with Crippen LogP contribution in [0.25, 0.3) is 11.1 Å². The molecule has 0 unspecified atom stereocenters. The highest BCUT2D eigenvalue weighted by atomic mass is 32.2. The Bertz CT molecular complexity index is 1350. The van der Waals surface area contributed by atoms with Gasteiger partial charge in [-0.15, -0.1) is 0 Å². The van der Waals surface area contributed by atoms with Crippen LogP contribution in [-0.4, -0.2) is 25.3 Å². The first kappa shape index (κ1) is 23.3. The molecule has 0 saturated heterocycles. The Balaban J connectivity index is 1.81. The molecule has 174 valence electrons. The van der Waals surface area contributed by atoms with Crippen molar-refractivity contribution in [2.75, 3.05) is 6.26 Å². The Morgan fingerprint density at radius 2 is 1.82 bits per heavy atom. The molecule has 2 heterocycles. The first-order chi connectivity index (χ1) is 15.7. The number of hydrogen-bond acceptors (Lipinski definition) is 3. The summed E-state index contributed by atoms with van der Waals surface area (Å²) in [5.74, 6) is -0.970. The van der Waals surface area contributed by atoms with Gasteiger partial charge in [0, 0.05) is 22.9 Å². The molecule has 0 fully saturated rings. The first-order valence-electron chi connectivity index (χ1n) is 10.9. The highest BCUT2D eigenvalue weighted by Gasteiger charge is 2.33. The largest absolute Gasteiger partial charge is 0.307 e. The third-order valence-electron chi connectivity index (χ3n) is 6.18. The number of aromatic nitrogens is 1. The number of fused-ring (bicyclic) bond motifs is 1. The van der Waals surface area contributed by atoms with Gasteiger partial charge in [-0.05, 0) is 55.0 Å². The predicted molar refractivity (Wildman–Crippen MR) is 125 cm³/mol. The summed E-state index contributed by atoms with van der Waals surface area (Å²) in [6, 6.07) is 13.1. The molecule has 33 heavy (non-hydrogen) atoms. The summed E-state index contributed by atoms with van der Waals surface area (Å²) in [6.07, 6.45) is 2.76. The molecule has 1 N–H and O–H groups in total. The SMILES string of the molecule is CCc1ccc2n(c1=O)[C@@H](Cc1cccc(-c3cccc(F)c3)c1F)[C@@H](NS(C)(=O)=O)CC2. The lowest BCUT2D eigenvalue weighted by Crippen LogP contribution is -2.48. The third kappa shape index (κ3) is 4.91. The smallest absolute Gasteiger partial charge is 0.254 e. The number of aryl methyl sites for hydroxylation is 2. The second-order valence-corrected chi connectivity index (χ2v) is 10.3. The number of sulfonamides is 1. The molecule has 0 aliphatic carbocycles. The molecule has 4 rings (SSSR count). The number of pyridine rings is 1. The van der Waals surface area contributed by atoms with Crippen LogP contribution in [0.3, 0.4) is 0 Å². The molecule has 3 aromatic rings. The van der Waals surface area contributed by atoms with E-state index in [1.165, 1.54) is 18.2 Å². The van der Waals surface area contributed by atoms with E-state index in [2.05, 4.69) is 4.72 Å². The summed E-state index contributed by atoms with van der Waals surface area (Å²) in [6.45, 7) is 1.88. The van der Waals surface area contributed by atoms with E-state index >= 15 is 4.39 Å². The Kier molecular flexibility index (Phi) is 6.50. The lowest BCUT2D eigenvalue weighted by Gasteiger charge is -2.36. The molecule has 2 atom stereocenters. The molecule has 1 aromatic heterocycles. The van der Waals surface area contributed by atoms with Gasteiger partial charge in [0.25, 0.3) is 5.56 Å². The fraction of sp³-hybridized carbons (Fsp3) is 0.320. The molecule has 0 spiro atoms. The van der Waals surface area contributed by atoms with Gasteiger partial charge in [0.05, 0.1) is 12.3 Å². The van der Waals surface area contributed by atoms with Crippen LogP contribution >= 0.6 is 0 Å². The topological polar surface area (TPSA) is 68.2 Å². The van der Waals surface area contributed by atoms with Crippen LogP contribution in [0, 0.1) is 11.6 Å². The molecule has 0 amide bonds. The monoisotopic (exact) mass is 472 g/mol. The quantitative estimate of drug-likeness (QED) is 0.590. The zero-order chi connectivity index (χ0) is 23.8. The van der Waals surface area contributed by atoms with Crippen LogP contribution in [-0.2, 0) is 29.3 Å². The fourth-order valence-corrected chi connectivity index (χ4v) is 5.46. The van der Waals surface area contributed by atoms with Crippen LogP contribution in [0.4, 0.5) is 8.78 Å². The molecule has 0 bridgehead atoms. The minimum atomic E-state index is -3.55. The number of halogens is 2. The van der Waals surface area contributed by atoms with Crippen LogP contribution in [0.15, 0.2) is 59.4 Å². The standard InChI is InChI=1S/C25H26F2N2O3S/c1-3-16-10-11-20-12-13-22(28-33(2,31)32)23(29(20)25(16)30)15-18-7-5-9-21(24(18)27)17-6-4-8-19(26)14-17/h4-11,14,22-23,28H,3,12-13,15H2,1-2H3/t22-,23-/m0/s1. The summed E-state index contributed by atoms with van der Waals surface area (Å²) in [4.78, 5) is 13.2. The molecular formula is C25H26F2N2O3S. The fourth-order valence-electron chi connectivity index (χ4n) is 4.63. The van der Waals surface area contributed by atoms with Crippen molar-refractivity contribution >= 4 is 10.0 Å². The summed E-state index contributed by atoms with van der Waals surface area (Å²) in [7, 11) is -3.55. The first-order valence-corrected chi connectivity index (χ1v) is 12.8. The summed E-state index contributed by atoms with van der Waals surface area (Å²) in [5.41, 5.74) is 2.25. The van der Waals surface area contributed by atoms with Gasteiger partial charge < -0.3 is 4.57 Å². The highest BCUT2D eigenvalue weighted by molar-refractivity contribution is 7.88. The Labute approximate surface area is 192 Å². The van der Waals surface area contributed by atoms with E-state index in [1.54, 1.807) is 34.9 Å². The van der Waals surface area contributed by atoms with E-state index in [9.17, 15) is 17.6 Å². The maximum absolute atomic E-state index is 15.6. The number of hydrogen-bond donors (Lipinski definition) is 1. The van der Waals surface area contributed by atoms with Crippen LogP contribution in [0.2, 0.25) is 0 Å². The van der Waals surface area contributed by atoms with Gasteiger partial charge in [0.15, 0.2) is 0 Å². The van der Waals surface area contributed by atoms with Crippen molar-refractivity contribution in [3.63, 3.8) is 0 Å². The van der Waals surface area contributed by atoms with Gasteiger partial charge in [0.1, 0.15) is 11.6 Å². The molecule has 1 aliphatic heterocycles. The molecule has 0 saturated carbocycles. The van der Waals surface area contributed by atoms with Crippen LogP contribution in [0.1, 0.15) is 36.2 Å². The zero-order valence-electron chi connectivity index (χ0n) is 18.5. The molecule has 0 radical (unpaired) electrons. The van der Waals surface area contributed by atoms with Crippen molar-refractivity contribution in [2.24, 2.45) is 0 Å². The third-order valence-corrected chi connectivity index (χ3v) is 6.91. The van der Waals surface area contributed by atoms with E-state index in [-0.39, 0.29) is 17.5 Å². The molecule has 1 aliphatic rings. The molecular weight excluding hydrogens is 446 g/mol. The minimum absolute atomic E-state index is 0.113. The van der Waals surface area contributed by atoms with Gasteiger partial charge in [-0.2, -0.15) is 0 Å². The van der Waals surface area contributed by atoms with E-state index in [1.807, 2.05) is 13.0 Å². The van der Waals surface area contributed by atoms with Gasteiger partial charge in [-0.3, -0.25) is 4.79 Å². The van der Waals surface area contributed by atoms with E-state index in [0.29, 0.717) is 36.0 Å². The van der Waals surface area contributed by atoms with Crippen molar-refractivity contribution in [1.29, 1.82) is 0 Å². The van der Waals surface area contributed by atoms with Crippen LogP contribution in [0.5, 0.6) is 0 Å². The van der Waals surface area contributed by atoms with Gasteiger partial charge >= 0.3 is 0 Å². The Morgan fingerprint density at radius 3 is 2.52 bits per heavy atom. The highest BCUT2D eigenvalue weighted by Crippen LogP contribution is 2.31. The number of nitrogens with one attached hydrogen (secondary N) is 1. The Hall–Kier alpha value is -2.84. The molecule has 2 aromatic carbocycles. The zero-order valence-corrected chi connectivity index (χ0v) is 19.3. The minimum Gasteiger partial charge on any atom is -0.307 e. The maximum atomic E-state index is 15.6. The molecule has 5 nitrogen and oxygen atoms in total. The summed E-state index contributed by atoms with van der Waals surface area (Å²) >= 11 is 0. The van der Waals surface area contributed by atoms with E-state index < -0.39 is 33.7 Å². The van der Waals surface area contributed by atoms with E-state index in [4.69, 9.17) is 0 Å². The average Bonchev–Trinajstić information content (AvgIpc) is 2.76. The van der Waals surface area contributed by atoms with E-state index in [0.717, 1.165) is 11.9 Å². The normalized spacial score (nSPS) is 18.2. The number of benzene rings is 2. The van der Waals surface area contributed by atoms with Crippen LogP contribution < -0.4 is 10.3 Å². The van der Waals surface area contributed by atoms with Crippen molar-refractivity contribution in [1.82, 2.24) is 9.29 Å². The number of nitrogens with zero attached hydrogens (tertiary/aromatic N) is 1. The maximum Gasteiger partial charge on any atom is 0.254 e. The van der Waals surface area contributed by atoms with Crippen molar-refractivity contribution < 1.29 is 17.2 Å². The van der Waals surface area contributed by atoms with Gasteiger partial charge in [-0.1, -0.05) is 43.3 Å². The average molecular weight is 473 g/mol. The lowest BCUT2D eigenvalue weighted by molar-refractivity contribution is 0.312. The second-order valence-electron chi connectivity index (χ2n) is 8.47. The Morgan fingerprint density at radius 1 is 1.06 bits per heavy atom. The van der Waals surface area contributed by atoms with Gasteiger partial charge in [-0.25, -0.2) is 21.9 Å². The summed E-state index contributed by atoms with van der Waals surface area (Å²) < 4.78 is 57.7. The van der Waals surface area contributed by atoms with Crippen molar-refractivity contribution in [2.45, 2.75) is 44.7 Å². The predicted octanol–water partition coefficient (Wildman–Crippen LogP) is 4.00. The van der Waals surface area contributed by atoms with Crippen molar-refractivity contribution in [3.8, 4) is 11.1 Å². The number of rotatable bonds is 6. The van der Waals surface area contributed by atoms with Crippen molar-refractivity contribution in [3.05, 3.63) is 93.4 Å².